The molecule has 0 aliphatic rings. The number of anilines is 1. The van der Waals surface area contributed by atoms with Crippen molar-refractivity contribution in [2.45, 2.75) is 6.54 Å². The molecule has 0 bridgehead atoms. The Morgan fingerprint density at radius 2 is 2.00 bits per heavy atom. The first-order valence-electron chi connectivity index (χ1n) is 4.27. The van der Waals surface area contributed by atoms with Crippen LogP contribution >= 0.6 is 0 Å². The van der Waals surface area contributed by atoms with Gasteiger partial charge in [0.2, 0.25) is 0 Å². The highest BCUT2D eigenvalue weighted by Crippen LogP contribution is 2.15. The molecule has 1 aromatic rings. The van der Waals surface area contributed by atoms with Gasteiger partial charge >= 0.3 is 6.09 Å². The van der Waals surface area contributed by atoms with Crippen LogP contribution in [0.3, 0.4) is 0 Å². The Morgan fingerprint density at radius 1 is 1.40 bits per heavy atom. The van der Waals surface area contributed by atoms with Crippen LogP contribution in [-0.2, 0) is 6.54 Å². The smallest absolute Gasteiger partial charge is 0.413 e. The molecular weight excluding hydrogens is 198 g/mol. The first-order valence-corrected chi connectivity index (χ1v) is 4.27. The molecule has 0 spiro atoms. The predicted molar refractivity (Wildman–Crippen MR) is 55.5 cm³/mol. The van der Waals surface area contributed by atoms with Gasteiger partial charge in [-0.1, -0.05) is 12.1 Å². The van der Waals surface area contributed by atoms with E-state index >= 15 is 0 Å². The molecule has 0 heterocycles. The van der Waals surface area contributed by atoms with Crippen LogP contribution in [0.4, 0.5) is 10.5 Å². The molecule has 80 valence electrons. The van der Waals surface area contributed by atoms with Gasteiger partial charge in [-0.2, -0.15) is 0 Å². The summed E-state index contributed by atoms with van der Waals surface area (Å²) in [4.78, 5) is 21.6. The zero-order valence-electron chi connectivity index (χ0n) is 7.96. The SMILES string of the molecule is NCc1ccc(N(CN=O)C(=O)O)cc1. The third-order valence-electron chi connectivity index (χ3n) is 1.91. The summed E-state index contributed by atoms with van der Waals surface area (Å²) in [5.74, 6) is 0. The fourth-order valence-electron chi connectivity index (χ4n) is 1.12. The summed E-state index contributed by atoms with van der Waals surface area (Å²) >= 11 is 0. The van der Waals surface area contributed by atoms with Gasteiger partial charge in [0.25, 0.3) is 0 Å². The second-order valence-corrected chi connectivity index (χ2v) is 2.85. The van der Waals surface area contributed by atoms with Crippen LogP contribution in [0.25, 0.3) is 0 Å². The van der Waals surface area contributed by atoms with Crippen molar-refractivity contribution in [3.05, 3.63) is 34.7 Å². The van der Waals surface area contributed by atoms with Gasteiger partial charge in [-0.15, -0.1) is 4.91 Å². The molecule has 6 heteroatoms. The molecule has 6 nitrogen and oxygen atoms in total. The van der Waals surface area contributed by atoms with Crippen molar-refractivity contribution in [2.24, 2.45) is 10.9 Å². The van der Waals surface area contributed by atoms with E-state index in [0.29, 0.717) is 12.2 Å². The van der Waals surface area contributed by atoms with Crippen LogP contribution in [-0.4, -0.2) is 17.9 Å². The summed E-state index contributed by atoms with van der Waals surface area (Å²) in [5.41, 5.74) is 6.69. The Hall–Kier alpha value is -1.95. The Labute approximate surface area is 86.3 Å². The number of amides is 1. The van der Waals surface area contributed by atoms with Crippen LogP contribution in [0.2, 0.25) is 0 Å². The number of nitrogens with zero attached hydrogens (tertiary/aromatic N) is 2. The molecule has 0 saturated carbocycles. The molecule has 0 aromatic heterocycles. The van der Waals surface area contributed by atoms with Crippen LogP contribution < -0.4 is 10.6 Å². The van der Waals surface area contributed by atoms with Gasteiger partial charge < -0.3 is 10.8 Å². The third-order valence-corrected chi connectivity index (χ3v) is 1.91. The molecule has 0 unspecified atom stereocenters. The van der Waals surface area contributed by atoms with Crippen molar-refractivity contribution in [3.8, 4) is 0 Å². The van der Waals surface area contributed by atoms with Gasteiger partial charge in [-0.3, -0.25) is 4.90 Å². The molecule has 0 fully saturated rings. The maximum Gasteiger partial charge on any atom is 0.413 e. The zero-order valence-corrected chi connectivity index (χ0v) is 7.96. The highest BCUT2D eigenvalue weighted by molar-refractivity contribution is 5.85. The summed E-state index contributed by atoms with van der Waals surface area (Å²) in [7, 11) is 0. The summed E-state index contributed by atoms with van der Waals surface area (Å²) in [5, 5.41) is 11.3. The summed E-state index contributed by atoms with van der Waals surface area (Å²) in [6.45, 7) is -0.0312. The van der Waals surface area contributed by atoms with Gasteiger partial charge in [0.05, 0.1) is 0 Å². The van der Waals surface area contributed by atoms with Gasteiger partial charge in [0, 0.05) is 12.2 Å². The minimum absolute atomic E-state index is 0.388. The van der Waals surface area contributed by atoms with E-state index in [1.807, 2.05) is 0 Å². The fraction of sp³-hybridized carbons (Fsp3) is 0.222. The number of nitroso groups, excluding NO2 is 1. The quantitative estimate of drug-likeness (QED) is 0.731. The molecule has 0 saturated heterocycles. The number of nitrogens with two attached hydrogens (primary N) is 1. The molecule has 0 aliphatic heterocycles. The number of hydrogen-bond donors (Lipinski definition) is 2. The van der Waals surface area contributed by atoms with Gasteiger partial charge in [0.15, 0.2) is 6.67 Å². The Bertz CT molecular complexity index is 350. The summed E-state index contributed by atoms with van der Waals surface area (Å²) in [6.07, 6.45) is -1.21. The molecule has 15 heavy (non-hydrogen) atoms. The maximum atomic E-state index is 10.7. The molecule has 3 N–H and O–H groups in total. The third kappa shape index (κ3) is 2.75. The Balaban J connectivity index is 2.91. The van der Waals surface area contributed by atoms with Crippen molar-refractivity contribution in [2.75, 3.05) is 11.6 Å². The molecule has 0 radical (unpaired) electrons. The first-order chi connectivity index (χ1) is 7.19. The van der Waals surface area contributed by atoms with Crippen molar-refractivity contribution in [1.82, 2.24) is 0 Å². The van der Waals surface area contributed by atoms with E-state index in [2.05, 4.69) is 5.18 Å². The zero-order chi connectivity index (χ0) is 11.3. The van der Waals surface area contributed by atoms with E-state index in [9.17, 15) is 9.70 Å². The number of carbonyl (C=O) groups is 1. The Kier molecular flexibility index (Phi) is 3.75. The number of rotatable bonds is 4. The van der Waals surface area contributed by atoms with E-state index in [0.717, 1.165) is 10.5 Å². The lowest BCUT2D eigenvalue weighted by Gasteiger charge is -2.15. The normalized spacial score (nSPS) is 9.67. The maximum absolute atomic E-state index is 10.7. The topological polar surface area (TPSA) is 96.0 Å². The van der Waals surface area contributed by atoms with E-state index < -0.39 is 12.8 Å². The van der Waals surface area contributed by atoms with E-state index in [1.54, 1.807) is 24.3 Å². The van der Waals surface area contributed by atoms with Crippen LogP contribution in [0, 0.1) is 4.91 Å². The van der Waals surface area contributed by atoms with Crippen molar-refractivity contribution in [1.29, 1.82) is 0 Å². The minimum atomic E-state index is -1.21. The lowest BCUT2D eigenvalue weighted by Crippen LogP contribution is -2.29. The lowest BCUT2D eigenvalue weighted by molar-refractivity contribution is 0.202. The molecule has 1 rings (SSSR count). The molecule has 0 aliphatic carbocycles. The first kappa shape index (κ1) is 11.1. The number of benzene rings is 1. The number of carboxylic acid groups (broad SMARTS) is 1. The van der Waals surface area contributed by atoms with Crippen LogP contribution in [0.1, 0.15) is 5.56 Å². The Morgan fingerprint density at radius 3 is 2.40 bits per heavy atom. The fourth-order valence-corrected chi connectivity index (χ4v) is 1.12. The van der Waals surface area contributed by atoms with Crippen molar-refractivity contribution < 1.29 is 9.90 Å². The summed E-state index contributed by atoms with van der Waals surface area (Å²) < 4.78 is 0. The highest BCUT2D eigenvalue weighted by atomic mass is 16.4. The largest absolute Gasteiger partial charge is 0.465 e. The van der Waals surface area contributed by atoms with Gasteiger partial charge in [-0.05, 0) is 22.9 Å². The highest BCUT2D eigenvalue weighted by Gasteiger charge is 2.13. The average molecular weight is 209 g/mol. The second-order valence-electron chi connectivity index (χ2n) is 2.85. The van der Waals surface area contributed by atoms with Crippen LogP contribution in [0.5, 0.6) is 0 Å². The van der Waals surface area contributed by atoms with E-state index in [1.165, 1.54) is 0 Å². The minimum Gasteiger partial charge on any atom is -0.465 e. The average Bonchev–Trinajstić information content (AvgIpc) is 2.26. The van der Waals surface area contributed by atoms with Crippen molar-refractivity contribution in [3.63, 3.8) is 0 Å². The van der Waals surface area contributed by atoms with E-state index in [4.69, 9.17) is 10.8 Å². The summed E-state index contributed by atoms with van der Waals surface area (Å²) in [6, 6.07) is 6.58. The number of hydrogen-bond acceptors (Lipinski definition) is 4. The van der Waals surface area contributed by atoms with Crippen LogP contribution in [0.15, 0.2) is 29.4 Å². The molecule has 0 atom stereocenters. The predicted octanol–water partition coefficient (Wildman–Crippen LogP) is 1.35. The standard InChI is InChI=1S/C9H11N3O3/c10-5-7-1-3-8(4-2-7)12(6-11-15)9(13)14/h1-4H,5-6,10H2,(H,13,14). The molecular formula is C9H11N3O3. The van der Waals surface area contributed by atoms with Gasteiger partial charge in [-0.25, -0.2) is 4.79 Å². The monoisotopic (exact) mass is 209 g/mol. The molecule has 1 aromatic carbocycles. The van der Waals surface area contributed by atoms with Gasteiger partial charge in [0.1, 0.15) is 0 Å². The lowest BCUT2D eigenvalue weighted by atomic mass is 10.2. The molecule has 1 amide bonds. The van der Waals surface area contributed by atoms with E-state index in [-0.39, 0.29) is 0 Å². The second kappa shape index (κ2) is 5.06. The van der Waals surface area contributed by atoms with Crippen molar-refractivity contribution >= 4 is 11.8 Å².